The Labute approximate surface area is 83.7 Å². The molecule has 0 aliphatic carbocycles. The molecule has 1 N–H and O–H groups in total. The number of carbonyl (C=O) groups excluding carboxylic acids is 1. The number of hydrogen-bond donors (Lipinski definition) is 1. The molecule has 0 fully saturated rings. The van der Waals surface area contributed by atoms with E-state index in [1.807, 2.05) is 20.8 Å². The molecule has 0 aliphatic heterocycles. The second-order valence-corrected chi connectivity index (χ2v) is 4.48. The van der Waals surface area contributed by atoms with Gasteiger partial charge in [-0.05, 0) is 5.41 Å². The summed E-state index contributed by atoms with van der Waals surface area (Å²) in [6.45, 7) is 6.50. The van der Waals surface area contributed by atoms with Crippen LogP contribution in [0.25, 0.3) is 0 Å². The second-order valence-electron chi connectivity index (χ2n) is 4.48. The van der Waals surface area contributed by atoms with Gasteiger partial charge >= 0.3 is 0 Å². The maximum Gasteiger partial charge on any atom is 0.220 e. The summed E-state index contributed by atoms with van der Waals surface area (Å²) in [6.07, 6.45) is 3.46. The van der Waals surface area contributed by atoms with Crippen molar-refractivity contribution in [3.63, 3.8) is 0 Å². The van der Waals surface area contributed by atoms with E-state index in [1.54, 1.807) is 6.20 Å². The largest absolute Gasteiger partial charge is 0.447 e. The fourth-order valence-electron chi connectivity index (χ4n) is 1.06. The highest BCUT2D eigenvalue weighted by molar-refractivity contribution is 5.76. The van der Waals surface area contributed by atoms with Gasteiger partial charge in [0.25, 0.3) is 0 Å². The first-order valence-electron chi connectivity index (χ1n) is 4.61. The number of rotatable bonds is 3. The molecule has 1 heterocycles. The van der Waals surface area contributed by atoms with Gasteiger partial charge in [-0.1, -0.05) is 20.8 Å². The highest BCUT2D eigenvalue weighted by Gasteiger charge is 2.15. The predicted molar refractivity (Wildman–Crippen MR) is 52.4 cm³/mol. The molecule has 1 amide bonds. The van der Waals surface area contributed by atoms with Crippen LogP contribution in [0.15, 0.2) is 17.0 Å². The zero-order valence-electron chi connectivity index (χ0n) is 8.83. The van der Waals surface area contributed by atoms with Gasteiger partial charge in [-0.3, -0.25) is 4.79 Å². The van der Waals surface area contributed by atoms with Gasteiger partial charge in [0, 0.05) is 6.42 Å². The van der Waals surface area contributed by atoms with Crippen LogP contribution in [-0.2, 0) is 11.3 Å². The summed E-state index contributed by atoms with van der Waals surface area (Å²) >= 11 is 0. The Bertz CT molecular complexity index is 286. The van der Waals surface area contributed by atoms with E-state index in [2.05, 4.69) is 10.3 Å². The van der Waals surface area contributed by atoms with E-state index in [1.165, 1.54) is 6.39 Å². The highest BCUT2D eigenvalue weighted by Crippen LogP contribution is 2.17. The first-order valence-corrected chi connectivity index (χ1v) is 4.61. The lowest BCUT2D eigenvalue weighted by atomic mass is 9.92. The van der Waals surface area contributed by atoms with Gasteiger partial charge in [0.1, 0.15) is 5.76 Å². The lowest BCUT2D eigenvalue weighted by Gasteiger charge is -2.16. The van der Waals surface area contributed by atoms with Gasteiger partial charge < -0.3 is 9.73 Å². The smallest absolute Gasteiger partial charge is 0.220 e. The standard InChI is InChI=1S/C10H16N2O2/c1-10(2,3)4-9(13)12-6-8-5-11-7-14-8/h5,7H,4,6H2,1-3H3,(H,12,13). The van der Waals surface area contributed by atoms with E-state index in [9.17, 15) is 4.79 Å². The number of aromatic nitrogens is 1. The zero-order chi connectivity index (χ0) is 10.6. The van der Waals surface area contributed by atoms with Crippen molar-refractivity contribution >= 4 is 5.91 Å². The number of amides is 1. The topological polar surface area (TPSA) is 55.1 Å². The minimum atomic E-state index is 0.0193. The van der Waals surface area contributed by atoms with E-state index in [0.29, 0.717) is 18.7 Å². The van der Waals surface area contributed by atoms with Gasteiger partial charge in [-0.25, -0.2) is 4.98 Å². The van der Waals surface area contributed by atoms with Crippen molar-refractivity contribution in [1.82, 2.24) is 10.3 Å². The van der Waals surface area contributed by atoms with Crippen molar-refractivity contribution in [1.29, 1.82) is 0 Å². The minimum Gasteiger partial charge on any atom is -0.447 e. The molecule has 0 atom stereocenters. The van der Waals surface area contributed by atoms with Gasteiger partial charge in [0.15, 0.2) is 6.39 Å². The van der Waals surface area contributed by atoms with Crippen molar-refractivity contribution < 1.29 is 9.21 Å². The second kappa shape index (κ2) is 4.26. The number of carbonyl (C=O) groups is 1. The SMILES string of the molecule is CC(C)(C)CC(=O)NCc1cnco1. The van der Waals surface area contributed by atoms with Crippen LogP contribution in [0.3, 0.4) is 0 Å². The van der Waals surface area contributed by atoms with Gasteiger partial charge in [-0.2, -0.15) is 0 Å². The zero-order valence-corrected chi connectivity index (χ0v) is 8.83. The third-order valence-corrected chi connectivity index (χ3v) is 1.63. The molecule has 0 bridgehead atoms. The molecule has 0 saturated carbocycles. The molecule has 0 radical (unpaired) electrons. The maximum absolute atomic E-state index is 11.4. The molecular formula is C10H16N2O2. The van der Waals surface area contributed by atoms with Crippen LogP contribution in [0.1, 0.15) is 33.0 Å². The van der Waals surface area contributed by atoms with Crippen LogP contribution in [0.5, 0.6) is 0 Å². The number of hydrogen-bond acceptors (Lipinski definition) is 3. The Balaban J connectivity index is 2.29. The molecule has 0 spiro atoms. The van der Waals surface area contributed by atoms with Crippen LogP contribution < -0.4 is 5.32 Å². The summed E-state index contributed by atoms with van der Waals surface area (Å²) in [5.41, 5.74) is 0.0193. The van der Waals surface area contributed by atoms with Crippen molar-refractivity contribution in [3.8, 4) is 0 Å². The van der Waals surface area contributed by atoms with E-state index < -0.39 is 0 Å². The maximum atomic E-state index is 11.4. The van der Waals surface area contributed by atoms with Crippen molar-refractivity contribution in [3.05, 3.63) is 18.4 Å². The molecule has 14 heavy (non-hydrogen) atoms. The Hall–Kier alpha value is -1.32. The van der Waals surface area contributed by atoms with Crippen LogP contribution in [-0.4, -0.2) is 10.9 Å². The summed E-state index contributed by atoms with van der Waals surface area (Å²) in [7, 11) is 0. The van der Waals surface area contributed by atoms with Crippen LogP contribution in [0.2, 0.25) is 0 Å². The third kappa shape index (κ3) is 4.07. The van der Waals surface area contributed by atoms with Gasteiger partial charge in [0.2, 0.25) is 5.91 Å². The summed E-state index contributed by atoms with van der Waals surface area (Å²) < 4.78 is 4.99. The molecule has 4 nitrogen and oxygen atoms in total. The van der Waals surface area contributed by atoms with E-state index in [4.69, 9.17) is 4.42 Å². The van der Waals surface area contributed by atoms with Crippen molar-refractivity contribution in [2.75, 3.05) is 0 Å². The molecule has 1 aromatic rings. The average Bonchev–Trinajstić information content (AvgIpc) is 2.49. The summed E-state index contributed by atoms with van der Waals surface area (Å²) in [4.78, 5) is 15.1. The first-order chi connectivity index (χ1) is 6.47. The van der Waals surface area contributed by atoms with Crippen LogP contribution in [0, 0.1) is 5.41 Å². The van der Waals surface area contributed by atoms with E-state index in [0.717, 1.165) is 0 Å². The van der Waals surface area contributed by atoms with Gasteiger partial charge in [-0.15, -0.1) is 0 Å². The number of oxazole rings is 1. The summed E-state index contributed by atoms with van der Waals surface area (Å²) in [5, 5.41) is 2.77. The Morgan fingerprint density at radius 1 is 1.57 bits per heavy atom. The fourth-order valence-corrected chi connectivity index (χ4v) is 1.06. The molecular weight excluding hydrogens is 180 g/mol. The predicted octanol–water partition coefficient (Wildman–Crippen LogP) is 1.73. The minimum absolute atomic E-state index is 0.0193. The van der Waals surface area contributed by atoms with Gasteiger partial charge in [0.05, 0.1) is 12.7 Å². The molecule has 0 saturated heterocycles. The van der Waals surface area contributed by atoms with Crippen molar-refractivity contribution in [2.24, 2.45) is 5.41 Å². The molecule has 1 rings (SSSR count). The quantitative estimate of drug-likeness (QED) is 0.800. The monoisotopic (exact) mass is 196 g/mol. The average molecular weight is 196 g/mol. The molecule has 0 aliphatic rings. The lowest BCUT2D eigenvalue weighted by molar-refractivity contribution is -0.123. The van der Waals surface area contributed by atoms with Crippen LogP contribution in [0.4, 0.5) is 0 Å². The van der Waals surface area contributed by atoms with Crippen molar-refractivity contribution in [2.45, 2.75) is 33.7 Å². The molecule has 78 valence electrons. The normalized spacial score (nSPS) is 11.4. The Morgan fingerprint density at radius 2 is 2.29 bits per heavy atom. The molecule has 1 aromatic heterocycles. The summed E-state index contributed by atoms with van der Waals surface area (Å²) in [6, 6.07) is 0. The van der Waals surface area contributed by atoms with Crippen LogP contribution >= 0.6 is 0 Å². The molecule has 0 aromatic carbocycles. The van der Waals surface area contributed by atoms with E-state index in [-0.39, 0.29) is 11.3 Å². The number of nitrogens with zero attached hydrogens (tertiary/aromatic N) is 1. The molecule has 4 heteroatoms. The number of nitrogens with one attached hydrogen (secondary N) is 1. The fraction of sp³-hybridized carbons (Fsp3) is 0.600. The van der Waals surface area contributed by atoms with E-state index >= 15 is 0 Å². The highest BCUT2D eigenvalue weighted by atomic mass is 16.3. The summed E-state index contributed by atoms with van der Waals surface area (Å²) in [5.74, 6) is 0.709. The Morgan fingerprint density at radius 3 is 2.79 bits per heavy atom. The Kier molecular flexibility index (Phi) is 3.28. The third-order valence-electron chi connectivity index (χ3n) is 1.63. The molecule has 0 unspecified atom stereocenters. The first kappa shape index (κ1) is 10.8. The lowest BCUT2D eigenvalue weighted by Crippen LogP contribution is -2.26.